The van der Waals surface area contributed by atoms with E-state index < -0.39 is 0 Å². The van der Waals surface area contributed by atoms with E-state index in [4.69, 9.17) is 0 Å². The van der Waals surface area contributed by atoms with E-state index in [0.717, 1.165) is 15.8 Å². The fourth-order valence-corrected chi connectivity index (χ4v) is 2.43. The molecule has 0 spiro atoms. The van der Waals surface area contributed by atoms with Gasteiger partial charge >= 0.3 is 0 Å². The number of para-hydroxylation sites is 1. The number of hydrogen-bond acceptors (Lipinski definition) is 3. The highest BCUT2D eigenvalue weighted by atomic mass is 32.2. The van der Waals surface area contributed by atoms with Crippen LogP contribution in [-0.4, -0.2) is 16.4 Å². The van der Waals surface area contributed by atoms with Crippen LogP contribution >= 0.6 is 23.5 Å². The second-order valence-electron chi connectivity index (χ2n) is 2.80. The lowest BCUT2D eigenvalue weighted by Crippen LogP contribution is -1.84. The lowest BCUT2D eigenvalue weighted by molar-refractivity contribution is 1.55. The Labute approximate surface area is 100 Å². The first kappa shape index (κ1) is 12.4. The molecule has 0 saturated carbocycles. The SMILES string of the molecule is C/C=C/CSC(=Nc1ccccc1)SC. The Morgan fingerprint density at radius 2 is 2.07 bits per heavy atom. The first-order valence-corrected chi connectivity index (χ1v) is 6.99. The second-order valence-corrected chi connectivity index (χ2v) is 4.86. The van der Waals surface area contributed by atoms with E-state index >= 15 is 0 Å². The standard InChI is InChI=1S/C12H15NS2/c1-3-4-10-15-12(14-2)13-11-8-6-5-7-9-11/h3-9H,10H2,1-2H3/b4-3+,13-12?. The van der Waals surface area contributed by atoms with Crippen molar-refractivity contribution in [3.8, 4) is 0 Å². The predicted octanol–water partition coefficient (Wildman–Crippen LogP) is 4.35. The Balaban J connectivity index is 2.61. The summed E-state index contributed by atoms with van der Waals surface area (Å²) in [6.07, 6.45) is 6.26. The van der Waals surface area contributed by atoms with Crippen LogP contribution < -0.4 is 0 Å². The topological polar surface area (TPSA) is 12.4 Å². The summed E-state index contributed by atoms with van der Waals surface area (Å²) in [4.78, 5) is 4.56. The van der Waals surface area contributed by atoms with E-state index in [0.29, 0.717) is 0 Å². The van der Waals surface area contributed by atoms with Gasteiger partial charge in [0.15, 0.2) is 0 Å². The number of hydrogen-bond donors (Lipinski definition) is 0. The molecular weight excluding hydrogens is 222 g/mol. The molecule has 0 unspecified atom stereocenters. The van der Waals surface area contributed by atoms with Crippen LogP contribution in [0.1, 0.15) is 6.92 Å². The molecule has 0 fully saturated rings. The molecule has 0 bridgehead atoms. The van der Waals surface area contributed by atoms with Gasteiger partial charge in [-0.15, -0.1) is 11.8 Å². The van der Waals surface area contributed by atoms with Crippen molar-refractivity contribution in [3.63, 3.8) is 0 Å². The fourth-order valence-electron chi connectivity index (χ4n) is 0.960. The van der Waals surface area contributed by atoms with Gasteiger partial charge in [0, 0.05) is 5.75 Å². The molecule has 3 heteroatoms. The lowest BCUT2D eigenvalue weighted by Gasteiger charge is -2.00. The first-order chi connectivity index (χ1) is 7.36. The van der Waals surface area contributed by atoms with Gasteiger partial charge in [0.05, 0.1) is 5.69 Å². The summed E-state index contributed by atoms with van der Waals surface area (Å²) in [5.74, 6) is 0.989. The summed E-state index contributed by atoms with van der Waals surface area (Å²) in [6, 6.07) is 10.1. The smallest absolute Gasteiger partial charge is 0.130 e. The zero-order chi connectivity index (χ0) is 10.9. The number of rotatable bonds is 3. The molecule has 0 aliphatic carbocycles. The van der Waals surface area contributed by atoms with Crippen molar-refractivity contribution in [2.75, 3.05) is 12.0 Å². The van der Waals surface area contributed by atoms with Gasteiger partial charge in [0.1, 0.15) is 4.38 Å². The zero-order valence-corrected chi connectivity index (χ0v) is 10.6. The molecule has 0 aromatic heterocycles. The van der Waals surface area contributed by atoms with Crippen molar-refractivity contribution in [2.45, 2.75) is 6.92 Å². The minimum Gasteiger partial charge on any atom is -0.235 e. The molecule has 0 amide bonds. The van der Waals surface area contributed by atoms with E-state index in [-0.39, 0.29) is 0 Å². The molecular formula is C12H15NS2. The minimum atomic E-state index is 0.989. The van der Waals surface area contributed by atoms with Gasteiger partial charge in [-0.2, -0.15) is 0 Å². The number of thioether (sulfide) groups is 2. The summed E-state index contributed by atoms with van der Waals surface area (Å²) in [6.45, 7) is 2.04. The number of aliphatic imine (C=N–C) groups is 1. The van der Waals surface area contributed by atoms with Crippen molar-refractivity contribution in [2.24, 2.45) is 4.99 Å². The average molecular weight is 237 g/mol. The largest absolute Gasteiger partial charge is 0.235 e. The molecule has 0 heterocycles. The molecule has 0 aliphatic heterocycles. The molecule has 0 atom stereocenters. The summed E-state index contributed by atoms with van der Waals surface area (Å²) in [5, 5.41) is 0. The molecule has 1 rings (SSSR count). The molecule has 80 valence electrons. The molecule has 0 radical (unpaired) electrons. The minimum absolute atomic E-state index is 0.989. The van der Waals surface area contributed by atoms with Crippen LogP contribution in [0.4, 0.5) is 5.69 Å². The second kappa shape index (κ2) is 7.60. The summed E-state index contributed by atoms with van der Waals surface area (Å²) in [7, 11) is 0. The molecule has 1 aromatic carbocycles. The molecule has 1 nitrogen and oxygen atoms in total. The zero-order valence-electron chi connectivity index (χ0n) is 9.01. The van der Waals surface area contributed by atoms with Crippen LogP contribution in [-0.2, 0) is 0 Å². The number of allylic oxidation sites excluding steroid dienone is 1. The van der Waals surface area contributed by atoms with Crippen molar-refractivity contribution in [1.29, 1.82) is 0 Å². The van der Waals surface area contributed by atoms with E-state index in [9.17, 15) is 0 Å². The van der Waals surface area contributed by atoms with E-state index in [1.165, 1.54) is 0 Å². The van der Waals surface area contributed by atoms with Gasteiger partial charge in [0.25, 0.3) is 0 Å². The number of nitrogens with zero attached hydrogens (tertiary/aromatic N) is 1. The van der Waals surface area contributed by atoms with Gasteiger partial charge in [-0.25, -0.2) is 4.99 Å². The molecule has 0 aliphatic rings. The Kier molecular flexibility index (Phi) is 6.28. The van der Waals surface area contributed by atoms with Gasteiger partial charge in [-0.1, -0.05) is 42.1 Å². The summed E-state index contributed by atoms with van der Waals surface area (Å²) in [5.41, 5.74) is 1.02. The highest BCUT2D eigenvalue weighted by Gasteiger charge is 1.96. The van der Waals surface area contributed by atoms with Crippen LogP contribution in [0.3, 0.4) is 0 Å². The van der Waals surface area contributed by atoms with Crippen LogP contribution in [0.15, 0.2) is 47.5 Å². The average Bonchev–Trinajstić information content (AvgIpc) is 2.29. The Morgan fingerprint density at radius 3 is 2.67 bits per heavy atom. The maximum absolute atomic E-state index is 4.56. The van der Waals surface area contributed by atoms with Crippen LogP contribution in [0.2, 0.25) is 0 Å². The third kappa shape index (κ3) is 5.09. The molecule has 0 saturated heterocycles. The van der Waals surface area contributed by atoms with Crippen LogP contribution in [0.5, 0.6) is 0 Å². The van der Waals surface area contributed by atoms with E-state index in [2.05, 4.69) is 23.4 Å². The fraction of sp³-hybridized carbons (Fsp3) is 0.250. The first-order valence-electron chi connectivity index (χ1n) is 4.78. The summed E-state index contributed by atoms with van der Waals surface area (Å²) >= 11 is 3.46. The monoisotopic (exact) mass is 237 g/mol. The third-order valence-corrected chi connectivity index (χ3v) is 3.68. The van der Waals surface area contributed by atoms with Gasteiger partial charge < -0.3 is 0 Å². The quantitative estimate of drug-likeness (QED) is 0.440. The Bertz CT molecular complexity index is 331. The van der Waals surface area contributed by atoms with Crippen molar-refractivity contribution in [3.05, 3.63) is 42.5 Å². The van der Waals surface area contributed by atoms with E-state index in [1.807, 2.05) is 37.3 Å². The maximum Gasteiger partial charge on any atom is 0.130 e. The van der Waals surface area contributed by atoms with Crippen molar-refractivity contribution in [1.82, 2.24) is 0 Å². The lowest BCUT2D eigenvalue weighted by atomic mass is 10.3. The van der Waals surface area contributed by atoms with Crippen molar-refractivity contribution < 1.29 is 0 Å². The molecule has 1 aromatic rings. The summed E-state index contributed by atoms with van der Waals surface area (Å²) < 4.78 is 1.11. The maximum atomic E-state index is 4.56. The number of benzene rings is 1. The third-order valence-electron chi connectivity index (χ3n) is 1.69. The highest BCUT2D eigenvalue weighted by molar-refractivity contribution is 8.38. The van der Waals surface area contributed by atoms with Crippen LogP contribution in [0, 0.1) is 0 Å². The Morgan fingerprint density at radius 1 is 1.33 bits per heavy atom. The molecule has 15 heavy (non-hydrogen) atoms. The predicted molar refractivity (Wildman–Crippen MR) is 74.3 cm³/mol. The molecule has 0 N–H and O–H groups in total. The van der Waals surface area contributed by atoms with Crippen molar-refractivity contribution >= 4 is 33.6 Å². The van der Waals surface area contributed by atoms with Gasteiger partial charge in [-0.05, 0) is 25.3 Å². The van der Waals surface area contributed by atoms with E-state index in [1.54, 1.807) is 23.5 Å². The van der Waals surface area contributed by atoms with Gasteiger partial charge in [0.2, 0.25) is 0 Å². The van der Waals surface area contributed by atoms with Gasteiger partial charge in [-0.3, -0.25) is 0 Å². The Hall–Kier alpha value is -0.670. The highest BCUT2D eigenvalue weighted by Crippen LogP contribution is 2.20. The van der Waals surface area contributed by atoms with Crippen LogP contribution in [0.25, 0.3) is 0 Å². The normalized spacial score (nSPS) is 12.3.